The van der Waals surface area contributed by atoms with E-state index < -0.39 is 6.43 Å². The summed E-state index contributed by atoms with van der Waals surface area (Å²) in [6.07, 6.45) is -1.29. The molecular weight excluding hydrogens is 234 g/mol. The first-order chi connectivity index (χ1) is 8.58. The monoisotopic (exact) mass is 256 g/mol. The largest absolute Gasteiger partial charge is 0.369 e. The van der Waals surface area contributed by atoms with E-state index in [9.17, 15) is 8.78 Å². The molecule has 1 aromatic carbocycles. The molecule has 0 saturated heterocycles. The lowest BCUT2D eigenvalue weighted by molar-refractivity contribution is 0.156. The van der Waals surface area contributed by atoms with E-state index in [-0.39, 0.29) is 6.54 Å². The molecule has 0 radical (unpaired) electrons. The standard InChI is InChI=1S/C14H22F2N2/c1-4-13(17-5-2)11-6-8-12(9-7-11)18(3)10-14(15)16/h6-9,13-14,17H,4-5,10H2,1-3H3. The van der Waals surface area contributed by atoms with E-state index in [4.69, 9.17) is 0 Å². The first kappa shape index (κ1) is 14.9. The van der Waals surface area contributed by atoms with Crippen molar-refractivity contribution in [2.75, 3.05) is 25.0 Å². The Hall–Kier alpha value is -1.16. The van der Waals surface area contributed by atoms with Gasteiger partial charge in [-0.2, -0.15) is 0 Å². The number of halogens is 2. The van der Waals surface area contributed by atoms with Gasteiger partial charge in [0, 0.05) is 18.8 Å². The number of hydrogen-bond acceptors (Lipinski definition) is 2. The van der Waals surface area contributed by atoms with E-state index in [2.05, 4.69) is 19.2 Å². The molecule has 0 spiro atoms. The molecule has 102 valence electrons. The number of anilines is 1. The van der Waals surface area contributed by atoms with E-state index in [1.807, 2.05) is 24.3 Å². The first-order valence-electron chi connectivity index (χ1n) is 6.41. The van der Waals surface area contributed by atoms with Crippen LogP contribution in [0.4, 0.5) is 14.5 Å². The Labute approximate surface area is 108 Å². The molecule has 0 heterocycles. The minimum Gasteiger partial charge on any atom is -0.369 e. The molecule has 1 rings (SSSR count). The van der Waals surface area contributed by atoms with Crippen molar-refractivity contribution in [3.63, 3.8) is 0 Å². The van der Waals surface area contributed by atoms with E-state index in [0.717, 1.165) is 18.7 Å². The minimum absolute atomic E-state index is 0.232. The van der Waals surface area contributed by atoms with Crippen LogP contribution in [0, 0.1) is 0 Å². The van der Waals surface area contributed by atoms with Crippen LogP contribution >= 0.6 is 0 Å². The summed E-state index contributed by atoms with van der Waals surface area (Å²) in [5, 5.41) is 3.40. The summed E-state index contributed by atoms with van der Waals surface area (Å²) in [7, 11) is 1.68. The smallest absolute Gasteiger partial charge is 0.255 e. The highest BCUT2D eigenvalue weighted by molar-refractivity contribution is 5.47. The van der Waals surface area contributed by atoms with Crippen molar-refractivity contribution in [2.24, 2.45) is 0 Å². The van der Waals surface area contributed by atoms with Gasteiger partial charge in [0.2, 0.25) is 0 Å². The third-order valence-electron chi connectivity index (χ3n) is 3.01. The number of benzene rings is 1. The van der Waals surface area contributed by atoms with Gasteiger partial charge in [0.25, 0.3) is 6.43 Å². The molecule has 4 heteroatoms. The number of nitrogens with zero attached hydrogens (tertiary/aromatic N) is 1. The SMILES string of the molecule is CCNC(CC)c1ccc(N(C)CC(F)F)cc1. The third kappa shape index (κ3) is 4.26. The normalized spacial score (nSPS) is 12.8. The highest BCUT2D eigenvalue weighted by Gasteiger charge is 2.10. The fourth-order valence-electron chi connectivity index (χ4n) is 2.02. The molecule has 0 aliphatic heterocycles. The molecule has 1 atom stereocenters. The molecule has 0 aromatic heterocycles. The summed E-state index contributed by atoms with van der Waals surface area (Å²) in [5.74, 6) is 0. The van der Waals surface area contributed by atoms with Gasteiger partial charge in [-0.15, -0.1) is 0 Å². The Morgan fingerprint density at radius 3 is 2.22 bits per heavy atom. The molecule has 0 aliphatic rings. The predicted molar refractivity (Wildman–Crippen MR) is 72.4 cm³/mol. The highest BCUT2D eigenvalue weighted by Crippen LogP contribution is 2.21. The Balaban J connectivity index is 2.72. The Bertz CT molecular complexity index is 338. The van der Waals surface area contributed by atoms with Gasteiger partial charge in [-0.25, -0.2) is 8.78 Å². The van der Waals surface area contributed by atoms with Crippen molar-refractivity contribution in [3.05, 3.63) is 29.8 Å². The van der Waals surface area contributed by atoms with Gasteiger partial charge in [0.05, 0.1) is 6.54 Å². The van der Waals surface area contributed by atoms with Crippen molar-refractivity contribution in [1.29, 1.82) is 0 Å². The zero-order valence-corrected chi connectivity index (χ0v) is 11.3. The van der Waals surface area contributed by atoms with Crippen LogP contribution in [-0.4, -0.2) is 26.6 Å². The molecule has 2 nitrogen and oxygen atoms in total. The van der Waals surface area contributed by atoms with Crippen LogP contribution in [-0.2, 0) is 0 Å². The lowest BCUT2D eigenvalue weighted by atomic mass is 10.0. The second-order valence-electron chi connectivity index (χ2n) is 4.38. The summed E-state index contributed by atoms with van der Waals surface area (Å²) in [6.45, 7) is 4.90. The van der Waals surface area contributed by atoms with Gasteiger partial charge in [-0.1, -0.05) is 26.0 Å². The summed E-state index contributed by atoms with van der Waals surface area (Å²) >= 11 is 0. The molecule has 0 amide bonds. The maximum absolute atomic E-state index is 12.3. The second kappa shape index (κ2) is 7.31. The predicted octanol–water partition coefficient (Wildman–Crippen LogP) is 3.45. The van der Waals surface area contributed by atoms with E-state index in [1.165, 1.54) is 5.56 Å². The molecule has 1 aromatic rings. The Morgan fingerprint density at radius 2 is 1.78 bits per heavy atom. The van der Waals surface area contributed by atoms with Crippen LogP contribution in [0.2, 0.25) is 0 Å². The number of hydrogen-bond donors (Lipinski definition) is 1. The van der Waals surface area contributed by atoms with Crippen molar-refractivity contribution < 1.29 is 8.78 Å². The zero-order valence-electron chi connectivity index (χ0n) is 11.3. The van der Waals surface area contributed by atoms with Crippen molar-refractivity contribution in [3.8, 4) is 0 Å². The minimum atomic E-state index is -2.31. The number of nitrogens with one attached hydrogen (secondary N) is 1. The maximum Gasteiger partial charge on any atom is 0.255 e. The number of alkyl halides is 2. The topological polar surface area (TPSA) is 15.3 Å². The van der Waals surface area contributed by atoms with Gasteiger partial charge in [-0.3, -0.25) is 0 Å². The van der Waals surface area contributed by atoms with Crippen LogP contribution < -0.4 is 10.2 Å². The quantitative estimate of drug-likeness (QED) is 0.804. The average molecular weight is 256 g/mol. The zero-order chi connectivity index (χ0) is 13.5. The Kier molecular flexibility index (Phi) is 6.05. The van der Waals surface area contributed by atoms with Crippen LogP contribution in [0.5, 0.6) is 0 Å². The second-order valence-corrected chi connectivity index (χ2v) is 4.38. The maximum atomic E-state index is 12.3. The molecule has 0 saturated carbocycles. The van der Waals surface area contributed by atoms with Gasteiger partial charge in [0.1, 0.15) is 0 Å². The van der Waals surface area contributed by atoms with Crippen molar-refractivity contribution in [1.82, 2.24) is 5.32 Å². The molecule has 0 fully saturated rings. The van der Waals surface area contributed by atoms with Gasteiger partial charge >= 0.3 is 0 Å². The van der Waals surface area contributed by atoms with Crippen molar-refractivity contribution >= 4 is 5.69 Å². The lowest BCUT2D eigenvalue weighted by Gasteiger charge is -2.21. The lowest BCUT2D eigenvalue weighted by Crippen LogP contribution is -2.24. The van der Waals surface area contributed by atoms with E-state index >= 15 is 0 Å². The summed E-state index contributed by atoms with van der Waals surface area (Å²) in [4.78, 5) is 1.57. The number of rotatable bonds is 7. The fraction of sp³-hybridized carbons (Fsp3) is 0.571. The van der Waals surface area contributed by atoms with Crippen LogP contribution in [0.25, 0.3) is 0 Å². The van der Waals surface area contributed by atoms with E-state index in [0.29, 0.717) is 6.04 Å². The molecule has 18 heavy (non-hydrogen) atoms. The average Bonchev–Trinajstić information content (AvgIpc) is 2.35. The molecule has 1 unspecified atom stereocenters. The van der Waals surface area contributed by atoms with Crippen LogP contribution in [0.1, 0.15) is 31.9 Å². The first-order valence-corrected chi connectivity index (χ1v) is 6.41. The summed E-state index contributed by atoms with van der Waals surface area (Å²) in [5.41, 5.74) is 2.03. The third-order valence-corrected chi connectivity index (χ3v) is 3.01. The van der Waals surface area contributed by atoms with Gasteiger partial charge in [0.15, 0.2) is 0 Å². The molecular formula is C14H22F2N2. The summed E-state index contributed by atoms with van der Waals surface area (Å²) < 4.78 is 24.6. The van der Waals surface area contributed by atoms with Gasteiger partial charge < -0.3 is 10.2 Å². The van der Waals surface area contributed by atoms with Crippen molar-refractivity contribution in [2.45, 2.75) is 32.7 Å². The Morgan fingerprint density at radius 1 is 1.17 bits per heavy atom. The highest BCUT2D eigenvalue weighted by atomic mass is 19.3. The summed E-state index contributed by atoms with van der Waals surface area (Å²) in [6, 6.07) is 8.15. The molecule has 0 bridgehead atoms. The molecule has 0 aliphatic carbocycles. The van der Waals surface area contributed by atoms with Gasteiger partial charge in [-0.05, 0) is 30.7 Å². The molecule has 1 N–H and O–H groups in total. The van der Waals surface area contributed by atoms with E-state index in [1.54, 1.807) is 11.9 Å². The van der Waals surface area contributed by atoms with Crippen LogP contribution in [0.3, 0.4) is 0 Å². The van der Waals surface area contributed by atoms with Crippen LogP contribution in [0.15, 0.2) is 24.3 Å². The fourth-order valence-corrected chi connectivity index (χ4v) is 2.02.